The van der Waals surface area contributed by atoms with E-state index in [9.17, 15) is 14.4 Å². The SMILES string of the molecule is C[C@H]([NH2+]CC(=O)NN1C(=O)N[C@](C)(c2ccccc2)C1=O)c1cccc2ccccc12. The molecule has 4 amide bonds. The maximum absolute atomic E-state index is 12.9. The smallest absolute Gasteiger partial charge is 0.332 e. The Morgan fingerprint density at radius 1 is 1.03 bits per heavy atom. The molecule has 1 aliphatic rings. The molecule has 3 aromatic carbocycles. The standard InChI is InChI=1S/C24H24N4O3/c1-16(19-14-8-10-17-9-6-7-13-20(17)19)25-15-21(29)27-28-22(30)24(2,26-23(28)31)18-11-4-3-5-12-18/h3-14,16,25H,15H2,1-2H3,(H,26,31)(H,27,29)/p+1/t16-,24+/m0/s1. The van der Waals surface area contributed by atoms with Crippen molar-refractivity contribution >= 4 is 28.6 Å². The van der Waals surface area contributed by atoms with E-state index in [1.807, 2.05) is 42.6 Å². The maximum atomic E-state index is 12.9. The van der Waals surface area contributed by atoms with E-state index in [-0.39, 0.29) is 12.6 Å². The Kier molecular flexibility index (Phi) is 5.44. The lowest BCUT2D eigenvalue weighted by Gasteiger charge is -2.22. The summed E-state index contributed by atoms with van der Waals surface area (Å²) in [6, 6.07) is 22.5. The molecule has 0 aliphatic carbocycles. The van der Waals surface area contributed by atoms with E-state index in [1.54, 1.807) is 31.2 Å². The average molecular weight is 417 g/mol. The number of quaternary nitrogens is 1. The number of rotatable bonds is 6. The molecular formula is C24H25N4O3+. The first-order valence-electron chi connectivity index (χ1n) is 10.2. The van der Waals surface area contributed by atoms with Crippen molar-refractivity contribution in [3.63, 3.8) is 0 Å². The molecule has 4 N–H and O–H groups in total. The summed E-state index contributed by atoms with van der Waals surface area (Å²) in [6.45, 7) is 3.72. The van der Waals surface area contributed by atoms with Gasteiger partial charge >= 0.3 is 6.03 Å². The summed E-state index contributed by atoms with van der Waals surface area (Å²) in [5.41, 5.74) is 3.01. The van der Waals surface area contributed by atoms with Crippen LogP contribution in [0.2, 0.25) is 0 Å². The monoisotopic (exact) mass is 417 g/mol. The summed E-state index contributed by atoms with van der Waals surface area (Å²) in [7, 11) is 0. The number of hydrazine groups is 1. The lowest BCUT2D eigenvalue weighted by Crippen LogP contribution is -2.87. The molecule has 7 heteroatoms. The highest BCUT2D eigenvalue weighted by atomic mass is 16.2. The molecular weight excluding hydrogens is 392 g/mol. The average Bonchev–Trinajstić information content (AvgIpc) is 3.01. The fourth-order valence-corrected chi connectivity index (χ4v) is 3.94. The zero-order chi connectivity index (χ0) is 22.0. The summed E-state index contributed by atoms with van der Waals surface area (Å²) < 4.78 is 0. The van der Waals surface area contributed by atoms with Crippen LogP contribution in [0, 0.1) is 0 Å². The Morgan fingerprint density at radius 3 is 2.48 bits per heavy atom. The fraction of sp³-hybridized carbons (Fsp3) is 0.208. The highest BCUT2D eigenvalue weighted by Gasteiger charge is 2.50. The molecule has 2 atom stereocenters. The number of amides is 4. The van der Waals surface area contributed by atoms with Gasteiger partial charge in [0.25, 0.3) is 11.8 Å². The Morgan fingerprint density at radius 2 is 1.71 bits per heavy atom. The lowest BCUT2D eigenvalue weighted by molar-refractivity contribution is -0.682. The Bertz CT molecular complexity index is 1140. The maximum Gasteiger partial charge on any atom is 0.344 e. The minimum absolute atomic E-state index is 0.0227. The van der Waals surface area contributed by atoms with Crippen molar-refractivity contribution in [1.29, 1.82) is 0 Å². The molecule has 0 unspecified atom stereocenters. The van der Waals surface area contributed by atoms with Crippen molar-refractivity contribution in [2.45, 2.75) is 25.4 Å². The number of nitrogens with two attached hydrogens (primary N) is 1. The van der Waals surface area contributed by atoms with Crippen molar-refractivity contribution in [3.8, 4) is 0 Å². The summed E-state index contributed by atoms with van der Waals surface area (Å²) >= 11 is 0. The second-order valence-electron chi connectivity index (χ2n) is 7.89. The number of nitrogens with zero attached hydrogens (tertiary/aromatic N) is 1. The van der Waals surface area contributed by atoms with Crippen LogP contribution in [0.5, 0.6) is 0 Å². The topological polar surface area (TPSA) is 95.1 Å². The molecule has 1 saturated heterocycles. The number of imide groups is 1. The molecule has 1 fully saturated rings. The summed E-state index contributed by atoms with van der Waals surface area (Å²) in [5, 5.41) is 7.61. The number of hydrogen-bond acceptors (Lipinski definition) is 3. The van der Waals surface area contributed by atoms with Crippen LogP contribution in [0.1, 0.15) is 31.0 Å². The number of hydrogen-bond donors (Lipinski definition) is 3. The Labute approximate surface area is 180 Å². The summed E-state index contributed by atoms with van der Waals surface area (Å²) in [4.78, 5) is 37.8. The van der Waals surface area contributed by atoms with Gasteiger partial charge in [-0.25, -0.2) is 4.79 Å². The second kappa shape index (κ2) is 8.20. The zero-order valence-corrected chi connectivity index (χ0v) is 17.5. The molecule has 7 nitrogen and oxygen atoms in total. The van der Waals surface area contributed by atoms with Gasteiger partial charge in [-0.15, -0.1) is 0 Å². The highest BCUT2D eigenvalue weighted by Crippen LogP contribution is 2.27. The van der Waals surface area contributed by atoms with Crippen molar-refractivity contribution < 1.29 is 19.7 Å². The van der Waals surface area contributed by atoms with Crippen LogP contribution in [0.3, 0.4) is 0 Å². The number of carbonyl (C=O) groups excluding carboxylic acids is 3. The first kappa shape index (κ1) is 20.6. The van der Waals surface area contributed by atoms with Crippen LogP contribution in [-0.4, -0.2) is 29.4 Å². The minimum Gasteiger partial charge on any atom is -0.332 e. The fourth-order valence-electron chi connectivity index (χ4n) is 3.94. The number of fused-ring (bicyclic) bond motifs is 1. The molecule has 158 valence electrons. The predicted molar refractivity (Wildman–Crippen MR) is 116 cm³/mol. The van der Waals surface area contributed by atoms with E-state index in [2.05, 4.69) is 28.9 Å². The zero-order valence-electron chi connectivity index (χ0n) is 17.5. The van der Waals surface area contributed by atoms with Crippen LogP contribution >= 0.6 is 0 Å². The third kappa shape index (κ3) is 3.87. The molecule has 4 rings (SSSR count). The number of carbonyl (C=O) groups is 3. The van der Waals surface area contributed by atoms with Gasteiger partial charge in [-0.3, -0.25) is 15.0 Å². The molecule has 0 saturated carbocycles. The van der Waals surface area contributed by atoms with Crippen LogP contribution in [0.15, 0.2) is 72.8 Å². The number of nitrogens with one attached hydrogen (secondary N) is 2. The van der Waals surface area contributed by atoms with E-state index in [4.69, 9.17) is 0 Å². The van der Waals surface area contributed by atoms with E-state index < -0.39 is 23.4 Å². The molecule has 1 aliphatic heterocycles. The summed E-state index contributed by atoms with van der Waals surface area (Å²) in [5.74, 6) is -0.938. The molecule has 1 heterocycles. The van der Waals surface area contributed by atoms with Crippen LogP contribution in [-0.2, 0) is 15.1 Å². The van der Waals surface area contributed by atoms with Crippen molar-refractivity contribution in [2.24, 2.45) is 0 Å². The third-order valence-corrected chi connectivity index (χ3v) is 5.75. The van der Waals surface area contributed by atoms with Crippen LogP contribution < -0.4 is 16.1 Å². The van der Waals surface area contributed by atoms with Gasteiger partial charge in [-0.1, -0.05) is 72.8 Å². The van der Waals surface area contributed by atoms with Gasteiger partial charge < -0.3 is 10.6 Å². The third-order valence-electron chi connectivity index (χ3n) is 5.75. The van der Waals surface area contributed by atoms with Crippen LogP contribution in [0.4, 0.5) is 4.79 Å². The van der Waals surface area contributed by atoms with Crippen LogP contribution in [0.25, 0.3) is 10.8 Å². The molecule has 0 spiro atoms. The number of benzene rings is 3. The van der Waals surface area contributed by atoms with Crippen molar-refractivity contribution in [2.75, 3.05) is 6.54 Å². The molecule has 0 aromatic heterocycles. The highest BCUT2D eigenvalue weighted by molar-refractivity contribution is 6.08. The normalized spacial score (nSPS) is 19.4. The van der Waals surface area contributed by atoms with Gasteiger partial charge in [0.05, 0.1) is 0 Å². The molecule has 31 heavy (non-hydrogen) atoms. The van der Waals surface area contributed by atoms with Gasteiger partial charge in [0, 0.05) is 5.56 Å². The quantitative estimate of drug-likeness (QED) is 0.535. The van der Waals surface area contributed by atoms with Gasteiger partial charge in [-0.05, 0) is 30.2 Å². The van der Waals surface area contributed by atoms with E-state index in [0.717, 1.165) is 21.3 Å². The minimum atomic E-state index is -1.22. The molecule has 0 bridgehead atoms. The van der Waals surface area contributed by atoms with E-state index in [1.165, 1.54) is 0 Å². The predicted octanol–water partition coefficient (Wildman–Crippen LogP) is 1.96. The van der Waals surface area contributed by atoms with E-state index in [0.29, 0.717) is 5.56 Å². The van der Waals surface area contributed by atoms with Gasteiger partial charge in [-0.2, -0.15) is 5.01 Å². The second-order valence-corrected chi connectivity index (χ2v) is 7.89. The Balaban J connectivity index is 1.41. The summed E-state index contributed by atoms with van der Waals surface area (Å²) in [6.07, 6.45) is 0. The van der Waals surface area contributed by atoms with Gasteiger partial charge in [0.2, 0.25) is 0 Å². The molecule has 0 radical (unpaired) electrons. The molecule has 3 aromatic rings. The first-order valence-corrected chi connectivity index (χ1v) is 10.2. The van der Waals surface area contributed by atoms with Gasteiger partial charge in [0.15, 0.2) is 6.54 Å². The van der Waals surface area contributed by atoms with E-state index >= 15 is 0 Å². The Hall–Kier alpha value is -3.71. The van der Waals surface area contributed by atoms with Crippen molar-refractivity contribution in [1.82, 2.24) is 15.8 Å². The number of urea groups is 1. The van der Waals surface area contributed by atoms with Gasteiger partial charge in [0.1, 0.15) is 11.6 Å². The first-order chi connectivity index (χ1) is 14.9. The largest absolute Gasteiger partial charge is 0.344 e. The van der Waals surface area contributed by atoms with Crippen molar-refractivity contribution in [3.05, 3.63) is 83.9 Å². The lowest BCUT2D eigenvalue weighted by atomic mass is 9.92.